The lowest BCUT2D eigenvalue weighted by Gasteiger charge is -2.16. The fourth-order valence-electron chi connectivity index (χ4n) is 1.20. The minimum atomic E-state index is 0.173. The number of rotatable bonds is 4. The normalized spacial score (nSPS) is 13.7. The van der Waals surface area contributed by atoms with Gasteiger partial charge in [0.05, 0.1) is 6.04 Å². The molecule has 5 nitrogen and oxygen atoms in total. The standard InChI is InChI=1S/C9H17N5S/c1-3-7(8-12-5-6-15-8)13-9(14-10)11-4-2/h5-7H,3-4,10H2,1-2H3,(H2,11,13,14). The molecule has 0 aliphatic carbocycles. The van der Waals surface area contributed by atoms with Gasteiger partial charge in [-0.05, 0) is 13.3 Å². The lowest BCUT2D eigenvalue weighted by Crippen LogP contribution is -2.43. The summed E-state index contributed by atoms with van der Waals surface area (Å²) >= 11 is 1.63. The zero-order valence-electron chi connectivity index (χ0n) is 9.03. The van der Waals surface area contributed by atoms with Crippen LogP contribution in [0.25, 0.3) is 0 Å². The molecule has 0 saturated heterocycles. The molecule has 1 aromatic rings. The average Bonchev–Trinajstić information content (AvgIpc) is 2.77. The smallest absolute Gasteiger partial charge is 0.206 e. The molecule has 1 rings (SSSR count). The van der Waals surface area contributed by atoms with Crippen molar-refractivity contribution in [1.82, 2.24) is 15.7 Å². The van der Waals surface area contributed by atoms with Gasteiger partial charge in [-0.1, -0.05) is 6.92 Å². The van der Waals surface area contributed by atoms with Crippen molar-refractivity contribution in [2.45, 2.75) is 26.3 Å². The van der Waals surface area contributed by atoms with E-state index in [0.29, 0.717) is 12.5 Å². The SMILES string of the molecule is CCN=C(NN)NC(CC)c1nccs1. The first-order valence-electron chi connectivity index (χ1n) is 4.98. The number of nitrogens with two attached hydrogens (primary N) is 1. The minimum absolute atomic E-state index is 0.173. The Hall–Kier alpha value is -1.14. The summed E-state index contributed by atoms with van der Waals surface area (Å²) in [6.07, 6.45) is 2.74. The van der Waals surface area contributed by atoms with E-state index >= 15 is 0 Å². The van der Waals surface area contributed by atoms with Crippen LogP contribution < -0.4 is 16.6 Å². The molecule has 4 N–H and O–H groups in total. The molecule has 1 unspecified atom stereocenters. The Labute approximate surface area is 93.8 Å². The van der Waals surface area contributed by atoms with Crippen molar-refractivity contribution >= 4 is 17.3 Å². The van der Waals surface area contributed by atoms with E-state index < -0.39 is 0 Å². The number of guanidine groups is 1. The highest BCUT2D eigenvalue weighted by Gasteiger charge is 2.12. The molecule has 0 radical (unpaired) electrons. The van der Waals surface area contributed by atoms with E-state index in [2.05, 4.69) is 27.6 Å². The highest BCUT2D eigenvalue weighted by molar-refractivity contribution is 7.09. The Morgan fingerprint density at radius 2 is 2.47 bits per heavy atom. The lowest BCUT2D eigenvalue weighted by molar-refractivity contribution is 0.606. The van der Waals surface area contributed by atoms with E-state index in [1.165, 1.54) is 0 Å². The predicted molar refractivity (Wildman–Crippen MR) is 63.6 cm³/mol. The maximum Gasteiger partial charge on any atom is 0.206 e. The van der Waals surface area contributed by atoms with Crippen LogP contribution in [0.5, 0.6) is 0 Å². The molecule has 84 valence electrons. The second-order valence-corrected chi connectivity index (χ2v) is 3.87. The van der Waals surface area contributed by atoms with Crippen molar-refractivity contribution in [3.8, 4) is 0 Å². The average molecular weight is 227 g/mol. The number of hydrogen-bond donors (Lipinski definition) is 3. The number of aromatic nitrogens is 1. The lowest BCUT2D eigenvalue weighted by atomic mass is 10.2. The van der Waals surface area contributed by atoms with Crippen molar-refractivity contribution in [1.29, 1.82) is 0 Å². The van der Waals surface area contributed by atoms with Crippen LogP contribution in [0.4, 0.5) is 0 Å². The van der Waals surface area contributed by atoms with Crippen LogP contribution in [-0.2, 0) is 0 Å². The summed E-state index contributed by atoms with van der Waals surface area (Å²) < 4.78 is 0. The Kier molecular flexibility index (Phi) is 5.06. The number of hydrazine groups is 1. The molecular formula is C9H17N5S. The van der Waals surface area contributed by atoms with Gasteiger partial charge < -0.3 is 5.32 Å². The third-order valence-electron chi connectivity index (χ3n) is 1.92. The van der Waals surface area contributed by atoms with Gasteiger partial charge in [-0.15, -0.1) is 11.3 Å². The van der Waals surface area contributed by atoms with E-state index in [1.54, 1.807) is 17.5 Å². The Bertz CT molecular complexity index is 295. The van der Waals surface area contributed by atoms with Crippen molar-refractivity contribution in [2.75, 3.05) is 6.54 Å². The molecular weight excluding hydrogens is 210 g/mol. The maximum absolute atomic E-state index is 5.35. The summed E-state index contributed by atoms with van der Waals surface area (Å²) in [7, 11) is 0. The molecule has 0 fully saturated rings. The van der Waals surface area contributed by atoms with Crippen LogP contribution in [0, 0.1) is 0 Å². The summed E-state index contributed by atoms with van der Waals surface area (Å²) in [5.74, 6) is 5.97. The molecule has 0 spiro atoms. The predicted octanol–water partition coefficient (Wildman–Crippen LogP) is 1.02. The first kappa shape index (κ1) is 11.9. The topological polar surface area (TPSA) is 75.3 Å². The van der Waals surface area contributed by atoms with E-state index in [4.69, 9.17) is 5.84 Å². The zero-order valence-corrected chi connectivity index (χ0v) is 9.84. The molecule has 0 aromatic carbocycles. The van der Waals surface area contributed by atoms with E-state index in [-0.39, 0.29) is 6.04 Å². The number of hydrogen-bond acceptors (Lipinski definition) is 4. The summed E-state index contributed by atoms with van der Waals surface area (Å²) in [5, 5.41) is 6.24. The van der Waals surface area contributed by atoms with Gasteiger partial charge in [0.15, 0.2) is 0 Å². The van der Waals surface area contributed by atoms with E-state index in [0.717, 1.165) is 11.4 Å². The van der Waals surface area contributed by atoms with Gasteiger partial charge in [-0.2, -0.15) is 0 Å². The quantitative estimate of drug-likeness (QED) is 0.311. The zero-order chi connectivity index (χ0) is 11.1. The Morgan fingerprint density at radius 3 is 2.93 bits per heavy atom. The summed E-state index contributed by atoms with van der Waals surface area (Å²) in [6, 6.07) is 0.173. The Morgan fingerprint density at radius 1 is 1.67 bits per heavy atom. The molecule has 0 saturated carbocycles. The summed E-state index contributed by atoms with van der Waals surface area (Å²) in [4.78, 5) is 8.45. The van der Waals surface area contributed by atoms with Gasteiger partial charge in [-0.3, -0.25) is 10.4 Å². The third-order valence-corrected chi connectivity index (χ3v) is 2.81. The number of nitrogens with zero attached hydrogens (tertiary/aromatic N) is 2. The molecule has 1 aromatic heterocycles. The molecule has 1 atom stereocenters. The van der Waals surface area contributed by atoms with Gasteiger partial charge in [-0.25, -0.2) is 10.8 Å². The van der Waals surface area contributed by atoms with Crippen LogP contribution in [0.2, 0.25) is 0 Å². The highest BCUT2D eigenvalue weighted by atomic mass is 32.1. The second kappa shape index (κ2) is 6.36. The van der Waals surface area contributed by atoms with Gasteiger partial charge in [0, 0.05) is 18.1 Å². The van der Waals surface area contributed by atoms with Crippen molar-refractivity contribution < 1.29 is 0 Å². The first-order valence-corrected chi connectivity index (χ1v) is 5.86. The second-order valence-electron chi connectivity index (χ2n) is 2.94. The fourth-order valence-corrected chi connectivity index (χ4v) is 1.97. The molecule has 1 heterocycles. The van der Waals surface area contributed by atoms with Gasteiger partial charge >= 0.3 is 0 Å². The van der Waals surface area contributed by atoms with Crippen molar-refractivity contribution in [3.63, 3.8) is 0 Å². The van der Waals surface area contributed by atoms with Gasteiger partial charge in [0.25, 0.3) is 0 Å². The van der Waals surface area contributed by atoms with Crippen molar-refractivity contribution in [2.24, 2.45) is 10.8 Å². The summed E-state index contributed by atoms with van der Waals surface area (Å²) in [5.41, 5.74) is 2.55. The monoisotopic (exact) mass is 227 g/mol. The van der Waals surface area contributed by atoms with Crippen molar-refractivity contribution in [3.05, 3.63) is 16.6 Å². The molecule has 0 aliphatic rings. The highest BCUT2D eigenvalue weighted by Crippen LogP contribution is 2.18. The van der Waals surface area contributed by atoms with Gasteiger partial charge in [0.2, 0.25) is 5.96 Å². The minimum Gasteiger partial charge on any atom is -0.346 e. The molecule has 0 bridgehead atoms. The molecule has 0 amide bonds. The van der Waals surface area contributed by atoms with Crippen LogP contribution in [-0.4, -0.2) is 17.5 Å². The Balaban J connectivity index is 2.65. The van der Waals surface area contributed by atoms with E-state index in [1.807, 2.05) is 12.3 Å². The van der Waals surface area contributed by atoms with E-state index in [9.17, 15) is 0 Å². The molecule has 6 heteroatoms. The van der Waals surface area contributed by atoms with Gasteiger partial charge in [0.1, 0.15) is 5.01 Å². The number of thiazole rings is 1. The largest absolute Gasteiger partial charge is 0.346 e. The van der Waals surface area contributed by atoms with Crippen LogP contribution in [0.15, 0.2) is 16.6 Å². The fraction of sp³-hybridized carbons (Fsp3) is 0.556. The first-order chi connectivity index (χ1) is 7.31. The molecule has 15 heavy (non-hydrogen) atoms. The number of aliphatic imine (C=N–C) groups is 1. The number of nitrogens with one attached hydrogen (secondary N) is 2. The van der Waals surface area contributed by atoms with Crippen LogP contribution in [0.3, 0.4) is 0 Å². The summed E-state index contributed by atoms with van der Waals surface area (Å²) in [6.45, 7) is 4.75. The van der Waals surface area contributed by atoms with Crippen LogP contribution in [0.1, 0.15) is 31.3 Å². The maximum atomic E-state index is 5.35. The third kappa shape index (κ3) is 3.49. The molecule has 0 aliphatic heterocycles. The van der Waals surface area contributed by atoms with Crippen LogP contribution >= 0.6 is 11.3 Å².